The summed E-state index contributed by atoms with van der Waals surface area (Å²) in [6.45, 7) is 5.30. The molecule has 0 bridgehead atoms. The Hall–Kier alpha value is -2.02. The van der Waals surface area contributed by atoms with Gasteiger partial charge in [-0.25, -0.2) is 4.79 Å². The predicted molar refractivity (Wildman–Crippen MR) is 72.5 cm³/mol. The number of H-pyrrole nitrogens is 1. The fourth-order valence-corrected chi connectivity index (χ4v) is 2.08. The summed E-state index contributed by atoms with van der Waals surface area (Å²) in [5.41, 5.74) is 4.45. The van der Waals surface area contributed by atoms with Gasteiger partial charge in [0.15, 0.2) is 0 Å². The quantitative estimate of drug-likeness (QED) is 0.459. The minimum absolute atomic E-state index is 0.0782. The van der Waals surface area contributed by atoms with Gasteiger partial charge in [-0.15, -0.1) is 18.3 Å². The van der Waals surface area contributed by atoms with E-state index in [-0.39, 0.29) is 17.7 Å². The van der Waals surface area contributed by atoms with Crippen molar-refractivity contribution < 1.29 is 14.3 Å². The van der Waals surface area contributed by atoms with Crippen molar-refractivity contribution in [1.82, 2.24) is 4.98 Å². The monoisotopic (exact) mass is 282 g/mol. The van der Waals surface area contributed by atoms with Gasteiger partial charge < -0.3 is 15.5 Å². The van der Waals surface area contributed by atoms with Crippen molar-refractivity contribution >= 4 is 23.6 Å². The van der Waals surface area contributed by atoms with Crippen molar-refractivity contribution in [2.75, 3.05) is 12.4 Å². The van der Waals surface area contributed by atoms with Gasteiger partial charge >= 0.3 is 5.97 Å². The van der Waals surface area contributed by atoms with Gasteiger partial charge in [0.1, 0.15) is 5.56 Å². The second-order valence-corrected chi connectivity index (χ2v) is 4.47. The van der Waals surface area contributed by atoms with Crippen LogP contribution in [0.25, 0.3) is 0 Å². The van der Waals surface area contributed by atoms with Crippen LogP contribution in [0.2, 0.25) is 0 Å². The van der Waals surface area contributed by atoms with E-state index in [4.69, 9.17) is 10.5 Å². The standard InChI is InChI=1S/C12H14N2O4S/c1-3-5-19-11-7(9(13)15)6-8(10(16)14-11)12(17)18-4-2/h3,6H,1,4-5H2,2H3,(H2,13,15)(H,14,16). The van der Waals surface area contributed by atoms with Crippen LogP contribution in [0, 0.1) is 0 Å². The number of aromatic amines is 1. The van der Waals surface area contributed by atoms with E-state index in [0.29, 0.717) is 10.8 Å². The maximum atomic E-state index is 11.7. The van der Waals surface area contributed by atoms with Gasteiger partial charge in [0, 0.05) is 5.75 Å². The van der Waals surface area contributed by atoms with Crippen molar-refractivity contribution in [2.45, 2.75) is 11.9 Å². The number of aromatic nitrogens is 1. The Labute approximate surface area is 114 Å². The molecule has 7 heteroatoms. The van der Waals surface area contributed by atoms with Gasteiger partial charge in [-0.3, -0.25) is 9.59 Å². The zero-order valence-electron chi connectivity index (χ0n) is 10.4. The summed E-state index contributed by atoms with van der Waals surface area (Å²) in [4.78, 5) is 37.1. The van der Waals surface area contributed by atoms with E-state index in [9.17, 15) is 14.4 Å². The van der Waals surface area contributed by atoms with Crippen LogP contribution in [-0.2, 0) is 4.74 Å². The molecule has 19 heavy (non-hydrogen) atoms. The zero-order valence-corrected chi connectivity index (χ0v) is 11.2. The molecule has 0 unspecified atom stereocenters. The topological polar surface area (TPSA) is 102 Å². The van der Waals surface area contributed by atoms with Crippen LogP contribution in [-0.4, -0.2) is 29.2 Å². The van der Waals surface area contributed by atoms with Crippen molar-refractivity contribution in [3.8, 4) is 0 Å². The number of carbonyl (C=O) groups excluding carboxylic acids is 2. The summed E-state index contributed by atoms with van der Waals surface area (Å²) in [6, 6.07) is 1.16. The fourth-order valence-electron chi connectivity index (χ4n) is 1.31. The molecular formula is C12H14N2O4S. The van der Waals surface area contributed by atoms with Crippen LogP contribution >= 0.6 is 11.8 Å². The van der Waals surface area contributed by atoms with Crippen molar-refractivity contribution in [3.05, 3.63) is 40.2 Å². The number of rotatable bonds is 6. The third-order valence-electron chi connectivity index (χ3n) is 2.11. The van der Waals surface area contributed by atoms with Crippen LogP contribution in [0.1, 0.15) is 27.6 Å². The number of amides is 1. The number of thioether (sulfide) groups is 1. The number of nitrogens with two attached hydrogens (primary N) is 1. The van der Waals surface area contributed by atoms with Gasteiger partial charge in [-0.1, -0.05) is 6.08 Å². The SMILES string of the molecule is C=CCSc1[nH]c(=O)c(C(=O)OCC)cc1C(N)=O. The lowest BCUT2D eigenvalue weighted by molar-refractivity contribution is 0.0524. The largest absolute Gasteiger partial charge is 0.462 e. The summed E-state index contributed by atoms with van der Waals surface area (Å²) in [7, 11) is 0. The minimum Gasteiger partial charge on any atom is -0.462 e. The van der Waals surface area contributed by atoms with E-state index in [1.165, 1.54) is 11.8 Å². The van der Waals surface area contributed by atoms with Gasteiger partial charge in [0.2, 0.25) is 0 Å². The van der Waals surface area contributed by atoms with Crippen LogP contribution in [0.3, 0.4) is 0 Å². The fraction of sp³-hybridized carbons (Fsp3) is 0.250. The molecule has 6 nitrogen and oxygen atoms in total. The van der Waals surface area contributed by atoms with Gasteiger partial charge in [0.25, 0.3) is 11.5 Å². The van der Waals surface area contributed by atoms with E-state index >= 15 is 0 Å². The van der Waals surface area contributed by atoms with Crippen LogP contribution in [0.4, 0.5) is 0 Å². The average Bonchev–Trinajstić information content (AvgIpc) is 2.36. The molecule has 0 spiro atoms. The summed E-state index contributed by atoms with van der Waals surface area (Å²) >= 11 is 1.20. The highest BCUT2D eigenvalue weighted by Gasteiger charge is 2.18. The number of hydrogen-bond donors (Lipinski definition) is 2. The molecule has 1 heterocycles. The molecule has 0 aliphatic carbocycles. The molecule has 0 aliphatic rings. The molecule has 102 valence electrons. The first-order chi connectivity index (χ1) is 9.01. The summed E-state index contributed by atoms with van der Waals surface area (Å²) in [5, 5.41) is 0.311. The lowest BCUT2D eigenvalue weighted by Crippen LogP contribution is -2.24. The average molecular weight is 282 g/mol. The summed E-state index contributed by atoms with van der Waals surface area (Å²) < 4.78 is 4.73. The zero-order chi connectivity index (χ0) is 14.4. The highest BCUT2D eigenvalue weighted by Crippen LogP contribution is 2.19. The Balaban J connectivity index is 3.28. The highest BCUT2D eigenvalue weighted by molar-refractivity contribution is 7.99. The molecule has 1 aromatic rings. The Morgan fingerprint density at radius 3 is 2.74 bits per heavy atom. The van der Waals surface area contributed by atoms with Gasteiger partial charge in [-0.2, -0.15) is 0 Å². The Kier molecular flexibility index (Phi) is 5.37. The first-order valence-electron chi connectivity index (χ1n) is 5.49. The lowest BCUT2D eigenvalue weighted by Gasteiger charge is -2.07. The molecule has 3 N–H and O–H groups in total. The normalized spacial score (nSPS) is 9.95. The number of primary amides is 1. The molecule has 0 aromatic carbocycles. The minimum atomic E-state index is -0.786. The second kappa shape index (κ2) is 6.79. The molecule has 0 atom stereocenters. The van der Waals surface area contributed by atoms with Gasteiger partial charge in [-0.05, 0) is 13.0 Å². The van der Waals surface area contributed by atoms with Crippen molar-refractivity contribution in [2.24, 2.45) is 5.73 Å². The third kappa shape index (κ3) is 3.72. The summed E-state index contributed by atoms with van der Waals surface area (Å²) in [5.74, 6) is -1.02. The lowest BCUT2D eigenvalue weighted by atomic mass is 10.2. The first-order valence-corrected chi connectivity index (χ1v) is 6.47. The smallest absolute Gasteiger partial charge is 0.343 e. The molecule has 0 aliphatic heterocycles. The summed E-state index contributed by atoms with van der Waals surface area (Å²) in [6.07, 6.45) is 1.62. The van der Waals surface area contributed by atoms with E-state index in [0.717, 1.165) is 6.07 Å². The number of hydrogen-bond acceptors (Lipinski definition) is 5. The molecule has 1 rings (SSSR count). The second-order valence-electron chi connectivity index (χ2n) is 3.44. The highest BCUT2D eigenvalue weighted by atomic mass is 32.2. The number of pyridine rings is 1. The van der Waals surface area contributed by atoms with Crippen LogP contribution < -0.4 is 11.3 Å². The van der Waals surface area contributed by atoms with Crippen LogP contribution in [0.15, 0.2) is 28.5 Å². The molecule has 0 radical (unpaired) electrons. The van der Waals surface area contributed by atoms with Crippen LogP contribution in [0.5, 0.6) is 0 Å². The first kappa shape index (κ1) is 15.0. The predicted octanol–water partition coefficient (Wildman–Crippen LogP) is 0.929. The van der Waals surface area contributed by atoms with E-state index in [2.05, 4.69) is 11.6 Å². The molecular weight excluding hydrogens is 268 g/mol. The Morgan fingerprint density at radius 1 is 1.53 bits per heavy atom. The molecule has 0 saturated heterocycles. The number of carbonyl (C=O) groups is 2. The van der Waals surface area contributed by atoms with E-state index in [1.54, 1.807) is 13.0 Å². The maximum absolute atomic E-state index is 11.7. The number of nitrogens with one attached hydrogen (secondary N) is 1. The number of ether oxygens (including phenoxy) is 1. The van der Waals surface area contributed by atoms with E-state index in [1.807, 2.05) is 0 Å². The van der Waals surface area contributed by atoms with E-state index < -0.39 is 17.4 Å². The van der Waals surface area contributed by atoms with Crippen molar-refractivity contribution in [1.29, 1.82) is 0 Å². The molecule has 1 aromatic heterocycles. The maximum Gasteiger partial charge on any atom is 0.343 e. The van der Waals surface area contributed by atoms with Gasteiger partial charge in [0.05, 0.1) is 17.2 Å². The molecule has 0 fully saturated rings. The molecule has 0 saturated carbocycles. The number of esters is 1. The Morgan fingerprint density at radius 2 is 2.21 bits per heavy atom. The van der Waals surface area contributed by atoms with Crippen molar-refractivity contribution in [3.63, 3.8) is 0 Å². The Bertz CT molecular complexity index is 565. The third-order valence-corrected chi connectivity index (χ3v) is 3.12. The molecule has 1 amide bonds.